The molecule has 0 saturated carbocycles. The number of hydrogen-bond acceptors (Lipinski definition) is 9. The number of thiazole rings is 1. The lowest BCUT2D eigenvalue weighted by molar-refractivity contribution is -0.384. The maximum Gasteiger partial charge on any atom is 0.338 e. The Kier molecular flexibility index (Phi) is 7.25. The van der Waals surface area contributed by atoms with Gasteiger partial charge in [-0.2, -0.15) is 0 Å². The van der Waals surface area contributed by atoms with E-state index in [-0.39, 0.29) is 22.4 Å². The quantitative estimate of drug-likeness (QED) is 0.154. The molecule has 0 saturated heterocycles. The van der Waals surface area contributed by atoms with Crippen LogP contribution in [0.3, 0.4) is 0 Å². The van der Waals surface area contributed by atoms with Crippen LogP contribution in [0.25, 0.3) is 6.08 Å². The van der Waals surface area contributed by atoms with Gasteiger partial charge in [0.05, 0.1) is 26.8 Å². The molecule has 3 aromatic rings. The standard InChI is InChI=1S/C26H21N3O7S/c1-4-12-35-25(32)22-15(2)27-26-28(23(22)18-8-10-20(11-9-18)36-16(3)30)24(31)21(37-26)14-17-6-5-7-19(13-17)29(33)34/h4-11,13-14,23H,1,12H2,2-3H3/b21-14+. The van der Waals surface area contributed by atoms with Crippen LogP contribution < -0.4 is 19.6 Å². The Balaban J connectivity index is 1.89. The third-order valence-electron chi connectivity index (χ3n) is 5.41. The summed E-state index contributed by atoms with van der Waals surface area (Å²) < 4.78 is 12.1. The Labute approximate surface area is 214 Å². The average molecular weight is 520 g/mol. The molecule has 0 spiro atoms. The highest BCUT2D eigenvalue weighted by atomic mass is 32.1. The highest BCUT2D eigenvalue weighted by molar-refractivity contribution is 7.07. The van der Waals surface area contributed by atoms with E-state index in [0.29, 0.717) is 27.4 Å². The molecule has 1 aromatic heterocycles. The first-order valence-corrected chi connectivity index (χ1v) is 11.8. The number of hydrogen-bond donors (Lipinski definition) is 0. The zero-order chi connectivity index (χ0) is 26.7. The molecule has 10 nitrogen and oxygen atoms in total. The van der Waals surface area contributed by atoms with Crippen molar-refractivity contribution in [3.8, 4) is 5.75 Å². The number of rotatable bonds is 7. The van der Waals surface area contributed by atoms with Crippen LogP contribution in [0, 0.1) is 10.1 Å². The predicted molar refractivity (Wildman–Crippen MR) is 136 cm³/mol. The number of carbonyl (C=O) groups excluding carboxylic acids is 2. The molecule has 188 valence electrons. The Morgan fingerprint density at radius 3 is 2.62 bits per heavy atom. The van der Waals surface area contributed by atoms with Crippen molar-refractivity contribution in [2.75, 3.05) is 6.61 Å². The first-order chi connectivity index (χ1) is 17.7. The van der Waals surface area contributed by atoms with Gasteiger partial charge < -0.3 is 9.47 Å². The van der Waals surface area contributed by atoms with E-state index in [1.165, 1.54) is 35.8 Å². The van der Waals surface area contributed by atoms with E-state index >= 15 is 0 Å². The van der Waals surface area contributed by atoms with Crippen LogP contribution in [0.5, 0.6) is 5.75 Å². The Hall–Kier alpha value is -4.64. The minimum atomic E-state index is -0.868. The van der Waals surface area contributed by atoms with Gasteiger partial charge in [-0.05, 0) is 36.3 Å². The van der Waals surface area contributed by atoms with E-state index in [9.17, 15) is 24.5 Å². The molecule has 2 aromatic carbocycles. The van der Waals surface area contributed by atoms with Gasteiger partial charge in [0, 0.05) is 19.1 Å². The first-order valence-electron chi connectivity index (χ1n) is 11.0. The SMILES string of the molecule is C=CCOC(=O)C1=C(C)N=c2s/c(=C/c3cccc([N+](=O)[O-])c3)c(=O)n2C1c1ccc(OC(C)=O)cc1. The van der Waals surface area contributed by atoms with E-state index in [2.05, 4.69) is 11.6 Å². The summed E-state index contributed by atoms with van der Waals surface area (Å²) in [5, 5.41) is 11.2. The Morgan fingerprint density at radius 1 is 1.24 bits per heavy atom. The van der Waals surface area contributed by atoms with Gasteiger partial charge in [-0.3, -0.25) is 24.3 Å². The summed E-state index contributed by atoms with van der Waals surface area (Å²) in [6, 6.07) is 11.5. The molecule has 37 heavy (non-hydrogen) atoms. The van der Waals surface area contributed by atoms with Crippen LogP contribution in [-0.4, -0.2) is 28.0 Å². The minimum Gasteiger partial charge on any atom is -0.458 e. The summed E-state index contributed by atoms with van der Waals surface area (Å²) in [5.74, 6) is -0.819. The minimum absolute atomic E-state index is 0.0229. The second-order valence-corrected chi connectivity index (χ2v) is 8.99. The Bertz CT molecular complexity index is 1630. The van der Waals surface area contributed by atoms with Crippen molar-refractivity contribution >= 4 is 35.0 Å². The summed E-state index contributed by atoms with van der Waals surface area (Å²) in [6.45, 7) is 6.48. The number of carbonyl (C=O) groups is 2. The second-order valence-electron chi connectivity index (χ2n) is 7.98. The predicted octanol–water partition coefficient (Wildman–Crippen LogP) is 2.80. The van der Waals surface area contributed by atoms with E-state index in [4.69, 9.17) is 9.47 Å². The molecular weight excluding hydrogens is 498 g/mol. The fraction of sp³-hybridized carbons (Fsp3) is 0.154. The number of nitro groups is 1. The Morgan fingerprint density at radius 2 is 1.97 bits per heavy atom. The van der Waals surface area contributed by atoms with Crippen LogP contribution in [0.4, 0.5) is 5.69 Å². The summed E-state index contributed by atoms with van der Waals surface area (Å²) in [6.07, 6.45) is 2.98. The van der Waals surface area contributed by atoms with Gasteiger partial charge in [0.2, 0.25) is 0 Å². The number of esters is 2. The van der Waals surface area contributed by atoms with E-state index in [0.717, 1.165) is 11.3 Å². The first kappa shape index (κ1) is 25.5. The van der Waals surface area contributed by atoms with Crippen molar-refractivity contribution in [1.29, 1.82) is 0 Å². The number of nitrogens with zero attached hydrogens (tertiary/aromatic N) is 3. The van der Waals surface area contributed by atoms with Gasteiger partial charge in [-0.25, -0.2) is 9.79 Å². The number of fused-ring (bicyclic) bond motifs is 1. The molecule has 2 heterocycles. The van der Waals surface area contributed by atoms with Gasteiger partial charge in [0.15, 0.2) is 4.80 Å². The van der Waals surface area contributed by atoms with Crippen LogP contribution >= 0.6 is 11.3 Å². The highest BCUT2D eigenvalue weighted by Gasteiger charge is 2.33. The lowest BCUT2D eigenvalue weighted by atomic mass is 9.96. The van der Waals surface area contributed by atoms with Crippen molar-refractivity contribution in [3.05, 3.63) is 113 Å². The molecule has 0 aliphatic carbocycles. The summed E-state index contributed by atoms with van der Waals surface area (Å²) >= 11 is 1.10. The second kappa shape index (κ2) is 10.5. The topological polar surface area (TPSA) is 130 Å². The lowest BCUT2D eigenvalue weighted by Gasteiger charge is -2.24. The number of benzene rings is 2. The van der Waals surface area contributed by atoms with Crippen molar-refractivity contribution in [2.45, 2.75) is 19.9 Å². The molecule has 0 fully saturated rings. The highest BCUT2D eigenvalue weighted by Crippen LogP contribution is 2.31. The largest absolute Gasteiger partial charge is 0.458 e. The molecule has 1 unspecified atom stereocenters. The molecule has 0 bridgehead atoms. The lowest BCUT2D eigenvalue weighted by Crippen LogP contribution is -2.39. The zero-order valence-electron chi connectivity index (χ0n) is 19.9. The van der Waals surface area contributed by atoms with Crippen LogP contribution in [0.2, 0.25) is 0 Å². The molecule has 1 atom stereocenters. The molecule has 0 N–H and O–H groups in total. The molecule has 1 aliphatic heterocycles. The maximum absolute atomic E-state index is 13.6. The molecule has 1 aliphatic rings. The fourth-order valence-electron chi connectivity index (χ4n) is 3.87. The molecule has 4 rings (SSSR count). The smallest absolute Gasteiger partial charge is 0.338 e. The van der Waals surface area contributed by atoms with Crippen LogP contribution in [0.15, 0.2) is 82.2 Å². The van der Waals surface area contributed by atoms with Gasteiger partial charge >= 0.3 is 11.9 Å². The zero-order valence-corrected chi connectivity index (χ0v) is 20.7. The normalized spacial score (nSPS) is 15.0. The van der Waals surface area contributed by atoms with E-state index < -0.39 is 28.5 Å². The van der Waals surface area contributed by atoms with Crippen molar-refractivity contribution in [1.82, 2.24) is 4.57 Å². The molecule has 11 heteroatoms. The number of non-ortho nitro benzene ring substituents is 1. The summed E-state index contributed by atoms with van der Waals surface area (Å²) in [4.78, 5) is 53.5. The van der Waals surface area contributed by atoms with E-state index in [1.807, 2.05) is 0 Å². The number of ether oxygens (including phenoxy) is 2. The van der Waals surface area contributed by atoms with Gasteiger partial charge in [0.25, 0.3) is 11.2 Å². The molecular formula is C26H21N3O7S. The number of allylic oxidation sites excluding steroid dienone is 1. The number of aromatic nitrogens is 1. The van der Waals surface area contributed by atoms with Crippen LogP contribution in [-0.2, 0) is 14.3 Å². The summed E-state index contributed by atoms with van der Waals surface area (Å²) in [5.41, 5.74) is 1.07. The van der Waals surface area contributed by atoms with Crippen molar-refractivity contribution in [2.24, 2.45) is 4.99 Å². The van der Waals surface area contributed by atoms with Crippen molar-refractivity contribution < 1.29 is 24.0 Å². The fourth-order valence-corrected chi connectivity index (χ4v) is 4.92. The molecule has 0 amide bonds. The average Bonchev–Trinajstić information content (AvgIpc) is 3.16. The maximum atomic E-state index is 13.6. The van der Waals surface area contributed by atoms with Gasteiger partial charge in [-0.15, -0.1) is 0 Å². The van der Waals surface area contributed by atoms with Crippen LogP contribution in [0.1, 0.15) is 31.0 Å². The molecule has 0 radical (unpaired) electrons. The monoisotopic (exact) mass is 519 g/mol. The van der Waals surface area contributed by atoms with Gasteiger partial charge in [0.1, 0.15) is 12.4 Å². The van der Waals surface area contributed by atoms with Crippen molar-refractivity contribution in [3.63, 3.8) is 0 Å². The summed E-state index contributed by atoms with van der Waals surface area (Å²) in [7, 11) is 0. The third-order valence-corrected chi connectivity index (χ3v) is 6.39. The van der Waals surface area contributed by atoms with E-state index in [1.54, 1.807) is 43.3 Å². The third kappa shape index (κ3) is 5.31. The van der Waals surface area contributed by atoms with Gasteiger partial charge in [-0.1, -0.05) is 48.3 Å². The number of nitro benzene ring substituents is 1.